The van der Waals surface area contributed by atoms with Gasteiger partial charge in [0.05, 0.1) is 5.69 Å². The van der Waals surface area contributed by atoms with Crippen molar-refractivity contribution >= 4 is 22.4 Å². The summed E-state index contributed by atoms with van der Waals surface area (Å²) in [6.07, 6.45) is 1.20. The lowest BCUT2D eigenvalue weighted by atomic mass is 10.0. The van der Waals surface area contributed by atoms with Crippen molar-refractivity contribution < 1.29 is 4.79 Å². The van der Waals surface area contributed by atoms with Crippen LogP contribution in [0.2, 0.25) is 0 Å². The predicted molar refractivity (Wildman–Crippen MR) is 110 cm³/mol. The lowest BCUT2D eigenvalue weighted by Crippen LogP contribution is -2.12. The van der Waals surface area contributed by atoms with Gasteiger partial charge in [-0.3, -0.25) is 4.79 Å². The maximum Gasteiger partial charge on any atom is 0.226 e. The molecule has 0 aliphatic rings. The largest absolute Gasteiger partial charge is 0.302 e. The molecule has 26 heavy (non-hydrogen) atoms. The summed E-state index contributed by atoms with van der Waals surface area (Å²) in [4.78, 5) is 18.0. The second kappa shape index (κ2) is 7.83. The van der Waals surface area contributed by atoms with E-state index < -0.39 is 0 Å². The first-order valence-corrected chi connectivity index (χ1v) is 9.64. The highest BCUT2D eigenvalue weighted by molar-refractivity contribution is 7.16. The van der Waals surface area contributed by atoms with E-state index in [4.69, 9.17) is 0 Å². The molecule has 0 fully saturated rings. The molecule has 0 spiro atoms. The van der Waals surface area contributed by atoms with Crippen LogP contribution in [0.5, 0.6) is 0 Å². The summed E-state index contributed by atoms with van der Waals surface area (Å²) in [6.45, 7) is 8.32. The number of anilines is 1. The van der Waals surface area contributed by atoms with Gasteiger partial charge < -0.3 is 5.32 Å². The van der Waals surface area contributed by atoms with Crippen molar-refractivity contribution in [1.29, 1.82) is 0 Å². The molecule has 0 saturated carbocycles. The van der Waals surface area contributed by atoms with Crippen molar-refractivity contribution in [2.75, 3.05) is 5.32 Å². The molecule has 0 bridgehead atoms. The smallest absolute Gasteiger partial charge is 0.226 e. The quantitative estimate of drug-likeness (QED) is 0.639. The number of carbonyl (C=O) groups is 1. The Morgan fingerprint density at radius 1 is 1.00 bits per heavy atom. The van der Waals surface area contributed by atoms with Gasteiger partial charge in [-0.25, -0.2) is 4.98 Å². The van der Waals surface area contributed by atoms with E-state index in [1.165, 1.54) is 33.6 Å². The second-order valence-electron chi connectivity index (χ2n) is 6.76. The Kier molecular flexibility index (Phi) is 5.52. The Morgan fingerprint density at radius 3 is 2.42 bits per heavy atom. The van der Waals surface area contributed by atoms with Gasteiger partial charge in [0.15, 0.2) is 5.13 Å². The number of rotatable bonds is 5. The minimum Gasteiger partial charge on any atom is -0.302 e. The number of benzene rings is 2. The molecule has 1 N–H and O–H groups in total. The number of carbonyl (C=O) groups excluding carboxylic acids is 1. The number of thiazole rings is 1. The number of hydrogen-bond donors (Lipinski definition) is 1. The number of nitrogens with zero attached hydrogens (tertiary/aromatic N) is 1. The normalized spacial score (nSPS) is 10.8. The van der Waals surface area contributed by atoms with Crippen molar-refractivity contribution in [3.05, 3.63) is 69.6 Å². The third-order valence-electron chi connectivity index (χ3n) is 4.58. The van der Waals surface area contributed by atoms with Gasteiger partial charge in [0.2, 0.25) is 5.91 Å². The number of aromatic nitrogens is 1. The monoisotopic (exact) mass is 364 g/mol. The average Bonchev–Trinajstić information content (AvgIpc) is 2.97. The van der Waals surface area contributed by atoms with Crippen LogP contribution in [0.4, 0.5) is 5.13 Å². The fourth-order valence-corrected chi connectivity index (χ4v) is 3.65. The highest BCUT2D eigenvalue weighted by Gasteiger charge is 2.12. The predicted octanol–water partition coefficient (Wildman–Crippen LogP) is 5.62. The molecule has 134 valence electrons. The van der Waals surface area contributed by atoms with E-state index in [0.29, 0.717) is 11.6 Å². The second-order valence-corrected chi connectivity index (χ2v) is 7.96. The van der Waals surface area contributed by atoms with Gasteiger partial charge in [-0.1, -0.05) is 42.0 Å². The van der Waals surface area contributed by atoms with Gasteiger partial charge in [-0.2, -0.15) is 0 Å². The highest BCUT2D eigenvalue weighted by atomic mass is 32.1. The molecule has 3 rings (SSSR count). The maximum absolute atomic E-state index is 12.3. The lowest BCUT2D eigenvalue weighted by molar-refractivity contribution is -0.116. The van der Waals surface area contributed by atoms with E-state index in [2.05, 4.69) is 73.5 Å². The number of hydrogen-bond acceptors (Lipinski definition) is 3. The van der Waals surface area contributed by atoms with Crippen molar-refractivity contribution in [3.63, 3.8) is 0 Å². The summed E-state index contributed by atoms with van der Waals surface area (Å²) in [5.74, 6) is 0.00552. The summed E-state index contributed by atoms with van der Waals surface area (Å²) in [5.41, 5.74) is 6.98. The van der Waals surface area contributed by atoms with Crippen molar-refractivity contribution in [3.8, 4) is 11.3 Å². The van der Waals surface area contributed by atoms with Crippen molar-refractivity contribution in [1.82, 2.24) is 4.98 Å². The first-order valence-electron chi connectivity index (χ1n) is 8.83. The summed E-state index contributed by atoms with van der Waals surface area (Å²) in [7, 11) is 0. The molecule has 1 aromatic heterocycles. The van der Waals surface area contributed by atoms with E-state index in [9.17, 15) is 4.79 Å². The highest BCUT2D eigenvalue weighted by Crippen LogP contribution is 2.31. The lowest BCUT2D eigenvalue weighted by Gasteiger charge is -2.04. The molecule has 3 nitrogen and oxygen atoms in total. The van der Waals surface area contributed by atoms with Crippen LogP contribution in [0.1, 0.15) is 33.6 Å². The zero-order valence-corrected chi connectivity index (χ0v) is 16.5. The van der Waals surface area contributed by atoms with Crippen LogP contribution in [0.3, 0.4) is 0 Å². The standard InChI is InChI=1S/C22H24N2OS/c1-14-5-8-18(9-6-14)10-12-20(25)23-22-24-21(17(4)26-22)19-11-7-15(2)16(3)13-19/h5-9,11,13H,10,12H2,1-4H3,(H,23,24,25). The fourth-order valence-electron chi connectivity index (χ4n) is 2.80. The number of aryl methyl sites for hydroxylation is 5. The molecule has 3 aromatic rings. The first kappa shape index (κ1) is 18.3. The Hall–Kier alpha value is -2.46. The molecule has 1 amide bonds. The van der Waals surface area contributed by atoms with Crippen LogP contribution >= 0.6 is 11.3 Å². The molecule has 0 aliphatic heterocycles. The van der Waals surface area contributed by atoms with Gasteiger partial charge in [0.1, 0.15) is 0 Å². The summed E-state index contributed by atoms with van der Waals surface area (Å²) >= 11 is 1.53. The van der Waals surface area contributed by atoms with Crippen LogP contribution in [-0.2, 0) is 11.2 Å². The van der Waals surface area contributed by atoms with Crippen LogP contribution in [0.15, 0.2) is 42.5 Å². The fraction of sp³-hybridized carbons (Fsp3) is 0.273. The van der Waals surface area contributed by atoms with E-state index in [1.807, 2.05) is 6.92 Å². The maximum atomic E-state index is 12.3. The summed E-state index contributed by atoms with van der Waals surface area (Å²) in [6, 6.07) is 14.7. The van der Waals surface area contributed by atoms with Crippen LogP contribution in [0, 0.1) is 27.7 Å². The molecule has 0 saturated heterocycles. The Labute approximate surface area is 159 Å². The third kappa shape index (κ3) is 4.38. The Bertz CT molecular complexity index is 926. The minimum atomic E-state index is 0.00552. The zero-order valence-electron chi connectivity index (χ0n) is 15.7. The molecular weight excluding hydrogens is 340 g/mol. The van der Waals surface area contributed by atoms with Crippen molar-refractivity contribution in [2.45, 2.75) is 40.5 Å². The number of amides is 1. The minimum absolute atomic E-state index is 0.00552. The molecule has 0 atom stereocenters. The molecular formula is C22H24N2OS. The van der Waals surface area contributed by atoms with Gasteiger partial charge in [-0.15, -0.1) is 11.3 Å². The molecule has 0 radical (unpaired) electrons. The van der Waals surface area contributed by atoms with E-state index in [0.717, 1.165) is 22.6 Å². The van der Waals surface area contributed by atoms with Gasteiger partial charge in [-0.05, 0) is 56.9 Å². The van der Waals surface area contributed by atoms with Gasteiger partial charge in [0, 0.05) is 16.9 Å². The molecule has 0 aliphatic carbocycles. The first-order chi connectivity index (χ1) is 12.4. The molecule has 1 heterocycles. The van der Waals surface area contributed by atoms with Gasteiger partial charge >= 0.3 is 0 Å². The SMILES string of the molecule is Cc1ccc(CCC(=O)Nc2nc(-c3ccc(C)c(C)c3)c(C)s2)cc1. The summed E-state index contributed by atoms with van der Waals surface area (Å²) < 4.78 is 0. The van der Waals surface area contributed by atoms with Crippen LogP contribution in [0.25, 0.3) is 11.3 Å². The number of nitrogens with one attached hydrogen (secondary N) is 1. The molecule has 0 unspecified atom stereocenters. The van der Waals surface area contributed by atoms with Crippen LogP contribution < -0.4 is 5.32 Å². The van der Waals surface area contributed by atoms with Gasteiger partial charge in [0.25, 0.3) is 0 Å². The Morgan fingerprint density at radius 2 is 1.73 bits per heavy atom. The van der Waals surface area contributed by atoms with Crippen molar-refractivity contribution in [2.24, 2.45) is 0 Å². The summed E-state index contributed by atoms with van der Waals surface area (Å²) in [5, 5.41) is 3.62. The van der Waals surface area contributed by atoms with Crippen LogP contribution in [-0.4, -0.2) is 10.9 Å². The average molecular weight is 365 g/mol. The van der Waals surface area contributed by atoms with E-state index >= 15 is 0 Å². The topological polar surface area (TPSA) is 42.0 Å². The zero-order chi connectivity index (χ0) is 18.7. The Balaban J connectivity index is 1.65. The van der Waals surface area contributed by atoms with E-state index in [1.54, 1.807) is 0 Å². The van der Waals surface area contributed by atoms with E-state index in [-0.39, 0.29) is 5.91 Å². The third-order valence-corrected chi connectivity index (χ3v) is 5.47. The molecule has 2 aromatic carbocycles. The molecule has 4 heteroatoms.